The van der Waals surface area contributed by atoms with Crippen molar-refractivity contribution in [3.05, 3.63) is 72.6 Å². The van der Waals surface area contributed by atoms with E-state index in [0.717, 1.165) is 41.1 Å². The highest BCUT2D eigenvalue weighted by molar-refractivity contribution is 8.02. The smallest absolute Gasteiger partial charge is 0.233 e. The second-order valence-corrected chi connectivity index (χ2v) is 9.10. The van der Waals surface area contributed by atoms with Crippen molar-refractivity contribution < 1.29 is 4.79 Å². The van der Waals surface area contributed by atoms with Crippen LogP contribution in [0.1, 0.15) is 5.56 Å². The van der Waals surface area contributed by atoms with E-state index in [2.05, 4.69) is 46.1 Å². The van der Waals surface area contributed by atoms with Crippen molar-refractivity contribution in [2.45, 2.75) is 21.9 Å². The highest BCUT2D eigenvalue weighted by Gasteiger charge is 2.22. The zero-order valence-corrected chi connectivity index (χ0v) is 18.5. The molecule has 4 rings (SSSR count). The molecule has 2 aromatic carbocycles. The SMILES string of the molecule is Cc1ccc(N2CCN(C(=O)CSc3nccnc3Sc3ccccc3)CC2)cc1. The zero-order chi connectivity index (χ0) is 20.8. The largest absolute Gasteiger partial charge is 0.368 e. The second kappa shape index (κ2) is 10.00. The number of thioether (sulfide) groups is 1. The summed E-state index contributed by atoms with van der Waals surface area (Å²) in [6.45, 7) is 5.32. The van der Waals surface area contributed by atoms with Crippen LogP contribution in [-0.4, -0.2) is 52.7 Å². The number of carbonyl (C=O) groups is 1. The van der Waals surface area contributed by atoms with Gasteiger partial charge in [0.05, 0.1) is 5.75 Å². The van der Waals surface area contributed by atoms with Crippen molar-refractivity contribution in [1.82, 2.24) is 14.9 Å². The van der Waals surface area contributed by atoms with Crippen LogP contribution < -0.4 is 4.90 Å². The Hall–Kier alpha value is -2.51. The van der Waals surface area contributed by atoms with Gasteiger partial charge in [-0.3, -0.25) is 4.79 Å². The molecule has 0 aliphatic carbocycles. The van der Waals surface area contributed by atoms with E-state index in [4.69, 9.17) is 0 Å². The van der Waals surface area contributed by atoms with Crippen molar-refractivity contribution in [2.75, 3.05) is 36.8 Å². The molecule has 0 atom stereocenters. The molecule has 5 nitrogen and oxygen atoms in total. The molecule has 1 aromatic heterocycles. The molecule has 2 heterocycles. The Balaban J connectivity index is 1.31. The van der Waals surface area contributed by atoms with Crippen LogP contribution in [0.2, 0.25) is 0 Å². The standard InChI is InChI=1S/C23H24N4OS2/c1-18-7-9-19(10-8-18)26-13-15-27(16-14-26)21(28)17-29-22-23(25-12-11-24-22)30-20-5-3-2-4-6-20/h2-12H,13-17H2,1H3. The van der Waals surface area contributed by atoms with E-state index in [1.54, 1.807) is 24.2 Å². The lowest BCUT2D eigenvalue weighted by Gasteiger charge is -2.36. The van der Waals surface area contributed by atoms with E-state index >= 15 is 0 Å². The fourth-order valence-corrected chi connectivity index (χ4v) is 5.10. The number of aryl methyl sites for hydroxylation is 1. The summed E-state index contributed by atoms with van der Waals surface area (Å²) in [5.41, 5.74) is 2.49. The first-order valence-corrected chi connectivity index (χ1v) is 11.8. The van der Waals surface area contributed by atoms with Gasteiger partial charge in [0.15, 0.2) is 0 Å². The first kappa shape index (κ1) is 20.8. The van der Waals surface area contributed by atoms with Gasteiger partial charge in [-0.15, -0.1) is 0 Å². The molecule has 0 bridgehead atoms. The van der Waals surface area contributed by atoms with Gasteiger partial charge in [-0.2, -0.15) is 0 Å². The average molecular weight is 437 g/mol. The van der Waals surface area contributed by atoms with Crippen LogP contribution in [0, 0.1) is 6.92 Å². The van der Waals surface area contributed by atoms with Crippen LogP contribution >= 0.6 is 23.5 Å². The lowest BCUT2D eigenvalue weighted by Crippen LogP contribution is -2.49. The summed E-state index contributed by atoms with van der Waals surface area (Å²) in [5.74, 6) is 0.538. The van der Waals surface area contributed by atoms with E-state index in [1.807, 2.05) is 35.2 Å². The number of nitrogens with zero attached hydrogens (tertiary/aromatic N) is 4. The number of aromatic nitrogens is 2. The van der Waals surface area contributed by atoms with Gasteiger partial charge in [-0.25, -0.2) is 9.97 Å². The molecule has 1 aliphatic heterocycles. The van der Waals surface area contributed by atoms with Crippen LogP contribution in [0.25, 0.3) is 0 Å². The summed E-state index contributed by atoms with van der Waals surface area (Å²) in [5, 5.41) is 1.64. The first-order valence-electron chi connectivity index (χ1n) is 9.95. The summed E-state index contributed by atoms with van der Waals surface area (Å²) in [6, 6.07) is 18.7. The van der Waals surface area contributed by atoms with Crippen molar-refractivity contribution in [3.63, 3.8) is 0 Å². The summed E-state index contributed by atoms with van der Waals surface area (Å²) in [4.78, 5) is 27.1. The van der Waals surface area contributed by atoms with Crippen molar-refractivity contribution in [3.8, 4) is 0 Å². The quantitative estimate of drug-likeness (QED) is 0.535. The minimum Gasteiger partial charge on any atom is -0.368 e. The third kappa shape index (κ3) is 5.34. The zero-order valence-electron chi connectivity index (χ0n) is 16.9. The molecule has 0 spiro atoms. The molecule has 1 amide bonds. The molecule has 154 valence electrons. The van der Waals surface area contributed by atoms with Crippen LogP contribution in [0.15, 0.2) is 81.9 Å². The molecule has 0 saturated carbocycles. The number of rotatable bonds is 6. The van der Waals surface area contributed by atoms with Gasteiger partial charge in [0, 0.05) is 49.2 Å². The monoisotopic (exact) mass is 436 g/mol. The molecule has 0 unspecified atom stereocenters. The minimum atomic E-state index is 0.157. The van der Waals surface area contributed by atoms with Crippen molar-refractivity contribution in [1.29, 1.82) is 0 Å². The molecular formula is C23H24N4OS2. The molecule has 7 heteroatoms. The average Bonchev–Trinajstić information content (AvgIpc) is 2.80. The maximum atomic E-state index is 12.8. The van der Waals surface area contributed by atoms with Gasteiger partial charge in [0.25, 0.3) is 0 Å². The fraction of sp³-hybridized carbons (Fsp3) is 0.261. The highest BCUT2D eigenvalue weighted by Crippen LogP contribution is 2.32. The van der Waals surface area contributed by atoms with E-state index in [-0.39, 0.29) is 5.91 Å². The molecule has 1 aliphatic rings. The molecule has 1 saturated heterocycles. The Kier molecular flexibility index (Phi) is 6.92. The topological polar surface area (TPSA) is 49.3 Å². The van der Waals surface area contributed by atoms with E-state index in [1.165, 1.54) is 23.0 Å². The number of hydrogen-bond donors (Lipinski definition) is 0. The molecule has 1 fully saturated rings. The van der Waals surface area contributed by atoms with Crippen molar-refractivity contribution in [2.24, 2.45) is 0 Å². The fourth-order valence-electron chi connectivity index (χ4n) is 3.27. The number of benzene rings is 2. The number of carbonyl (C=O) groups excluding carboxylic acids is 1. The molecule has 0 radical (unpaired) electrons. The Bertz CT molecular complexity index is 974. The van der Waals surface area contributed by atoms with Crippen LogP contribution in [0.3, 0.4) is 0 Å². The van der Waals surface area contributed by atoms with Gasteiger partial charge >= 0.3 is 0 Å². The van der Waals surface area contributed by atoms with Gasteiger partial charge in [-0.1, -0.05) is 59.4 Å². The van der Waals surface area contributed by atoms with Crippen LogP contribution in [-0.2, 0) is 4.79 Å². The number of amides is 1. The highest BCUT2D eigenvalue weighted by atomic mass is 32.2. The lowest BCUT2D eigenvalue weighted by atomic mass is 10.2. The normalized spacial score (nSPS) is 14.0. The minimum absolute atomic E-state index is 0.157. The predicted octanol–water partition coefficient (Wildman–Crippen LogP) is 4.38. The Labute approximate surface area is 185 Å². The van der Waals surface area contributed by atoms with E-state index < -0.39 is 0 Å². The first-order chi connectivity index (χ1) is 14.7. The Morgan fingerprint density at radius 3 is 2.27 bits per heavy atom. The summed E-state index contributed by atoms with van der Waals surface area (Å²) < 4.78 is 0. The predicted molar refractivity (Wildman–Crippen MR) is 123 cm³/mol. The molecule has 0 N–H and O–H groups in total. The maximum Gasteiger partial charge on any atom is 0.233 e. The van der Waals surface area contributed by atoms with Crippen LogP contribution in [0.4, 0.5) is 5.69 Å². The third-order valence-corrected chi connectivity index (χ3v) is 7.05. The molecule has 30 heavy (non-hydrogen) atoms. The van der Waals surface area contributed by atoms with Gasteiger partial charge < -0.3 is 9.80 Å². The van der Waals surface area contributed by atoms with Gasteiger partial charge in [0.1, 0.15) is 10.1 Å². The Morgan fingerprint density at radius 1 is 0.900 bits per heavy atom. The summed E-state index contributed by atoms with van der Waals surface area (Å²) in [6.07, 6.45) is 3.38. The number of anilines is 1. The van der Waals surface area contributed by atoms with E-state index in [0.29, 0.717) is 5.75 Å². The Morgan fingerprint density at radius 2 is 1.57 bits per heavy atom. The van der Waals surface area contributed by atoms with Gasteiger partial charge in [-0.05, 0) is 31.2 Å². The van der Waals surface area contributed by atoms with Gasteiger partial charge in [0.2, 0.25) is 5.91 Å². The maximum absolute atomic E-state index is 12.8. The lowest BCUT2D eigenvalue weighted by molar-refractivity contribution is -0.128. The summed E-state index contributed by atoms with van der Waals surface area (Å²) >= 11 is 3.04. The van der Waals surface area contributed by atoms with Crippen LogP contribution in [0.5, 0.6) is 0 Å². The summed E-state index contributed by atoms with van der Waals surface area (Å²) in [7, 11) is 0. The third-order valence-electron chi connectivity index (χ3n) is 4.95. The van der Waals surface area contributed by atoms with Crippen molar-refractivity contribution >= 4 is 35.1 Å². The number of piperazine rings is 1. The second-order valence-electron chi connectivity index (χ2n) is 7.07. The number of hydrogen-bond acceptors (Lipinski definition) is 6. The van der Waals surface area contributed by atoms with E-state index in [9.17, 15) is 4.79 Å². The molecule has 3 aromatic rings. The molecular weight excluding hydrogens is 412 g/mol.